The van der Waals surface area contributed by atoms with E-state index in [-0.39, 0.29) is 17.3 Å². The summed E-state index contributed by atoms with van der Waals surface area (Å²) in [4.78, 5) is 3.69. The fraction of sp³-hybridized carbons (Fsp3) is 0.250. The average Bonchev–Trinajstić information content (AvgIpc) is 2.76. The topological polar surface area (TPSA) is 87.2 Å². The molecular formula is C12H14FN3O3S. The molecule has 0 spiro atoms. The van der Waals surface area contributed by atoms with E-state index in [1.807, 2.05) is 11.5 Å². The van der Waals surface area contributed by atoms with Gasteiger partial charge in [0.05, 0.1) is 6.54 Å². The Bertz CT molecular complexity index is 712. The monoisotopic (exact) mass is 299 g/mol. The van der Waals surface area contributed by atoms with Gasteiger partial charge in [-0.25, -0.2) is 22.9 Å². The van der Waals surface area contributed by atoms with Crippen LogP contribution in [0.25, 0.3) is 0 Å². The Morgan fingerprint density at radius 1 is 1.45 bits per heavy atom. The van der Waals surface area contributed by atoms with E-state index in [2.05, 4.69) is 4.98 Å². The van der Waals surface area contributed by atoms with Gasteiger partial charge >= 0.3 is 0 Å². The van der Waals surface area contributed by atoms with Crippen molar-refractivity contribution in [3.05, 3.63) is 42.2 Å². The SMILES string of the molecule is Cc1nccn1CCOc1ccc(F)cc1S(N)(=O)=O. The van der Waals surface area contributed by atoms with Crippen LogP contribution >= 0.6 is 0 Å². The smallest absolute Gasteiger partial charge is 0.241 e. The van der Waals surface area contributed by atoms with Crippen molar-refractivity contribution in [2.24, 2.45) is 5.14 Å². The number of nitrogens with zero attached hydrogens (tertiary/aromatic N) is 2. The highest BCUT2D eigenvalue weighted by Gasteiger charge is 2.16. The van der Waals surface area contributed by atoms with E-state index in [0.717, 1.165) is 18.0 Å². The Labute approximate surface area is 116 Å². The maximum atomic E-state index is 13.1. The first kappa shape index (κ1) is 14.5. The first-order valence-corrected chi connectivity index (χ1v) is 7.35. The normalized spacial score (nSPS) is 11.6. The molecule has 1 aromatic carbocycles. The Morgan fingerprint density at radius 2 is 2.20 bits per heavy atom. The molecule has 0 atom stereocenters. The summed E-state index contributed by atoms with van der Waals surface area (Å²) in [7, 11) is -4.03. The zero-order valence-electron chi connectivity index (χ0n) is 10.8. The van der Waals surface area contributed by atoms with E-state index in [1.165, 1.54) is 6.07 Å². The number of benzene rings is 1. The minimum Gasteiger partial charge on any atom is -0.490 e. The maximum Gasteiger partial charge on any atom is 0.241 e. The molecule has 0 amide bonds. The summed E-state index contributed by atoms with van der Waals surface area (Å²) in [5.41, 5.74) is 0. The molecule has 2 rings (SSSR count). The summed E-state index contributed by atoms with van der Waals surface area (Å²) in [5.74, 6) is 0.165. The van der Waals surface area contributed by atoms with Gasteiger partial charge in [-0.1, -0.05) is 0 Å². The van der Waals surface area contributed by atoms with E-state index in [4.69, 9.17) is 9.88 Å². The van der Waals surface area contributed by atoms with Gasteiger partial charge < -0.3 is 9.30 Å². The maximum absolute atomic E-state index is 13.1. The first-order valence-electron chi connectivity index (χ1n) is 5.81. The van der Waals surface area contributed by atoms with Crippen molar-refractivity contribution < 1.29 is 17.5 Å². The predicted octanol–water partition coefficient (Wildman–Crippen LogP) is 1.06. The lowest BCUT2D eigenvalue weighted by atomic mass is 10.3. The van der Waals surface area contributed by atoms with Crippen LogP contribution in [0.15, 0.2) is 35.5 Å². The fourth-order valence-corrected chi connectivity index (χ4v) is 2.40. The summed E-state index contributed by atoms with van der Waals surface area (Å²) in [6.45, 7) is 2.55. The molecule has 0 unspecified atom stereocenters. The minimum atomic E-state index is -4.03. The Morgan fingerprint density at radius 3 is 2.80 bits per heavy atom. The average molecular weight is 299 g/mol. The Balaban J connectivity index is 2.12. The van der Waals surface area contributed by atoms with E-state index in [1.54, 1.807) is 12.4 Å². The summed E-state index contributed by atoms with van der Waals surface area (Å²) >= 11 is 0. The van der Waals surface area contributed by atoms with E-state index < -0.39 is 15.8 Å². The number of aryl methyl sites for hydroxylation is 1. The summed E-state index contributed by atoms with van der Waals surface area (Å²) < 4.78 is 43.0. The van der Waals surface area contributed by atoms with Gasteiger partial charge in [0, 0.05) is 12.4 Å². The second-order valence-electron chi connectivity index (χ2n) is 4.15. The zero-order valence-corrected chi connectivity index (χ0v) is 11.6. The lowest BCUT2D eigenvalue weighted by molar-refractivity contribution is 0.289. The second-order valence-corrected chi connectivity index (χ2v) is 5.68. The molecule has 1 aromatic heterocycles. The van der Waals surface area contributed by atoms with Gasteiger partial charge in [-0.2, -0.15) is 0 Å². The highest BCUT2D eigenvalue weighted by Crippen LogP contribution is 2.23. The van der Waals surface area contributed by atoms with Crippen LogP contribution in [0.1, 0.15) is 5.82 Å². The lowest BCUT2D eigenvalue weighted by Gasteiger charge is -2.11. The van der Waals surface area contributed by atoms with Crippen LogP contribution in [0.5, 0.6) is 5.75 Å². The number of primary sulfonamides is 1. The number of ether oxygens (including phenoxy) is 1. The molecule has 1 heterocycles. The molecule has 20 heavy (non-hydrogen) atoms. The van der Waals surface area contributed by atoms with Crippen LogP contribution in [0.3, 0.4) is 0 Å². The van der Waals surface area contributed by atoms with Gasteiger partial charge in [0.15, 0.2) is 0 Å². The number of imidazole rings is 1. The third-order valence-electron chi connectivity index (χ3n) is 2.73. The van der Waals surface area contributed by atoms with Crippen molar-refractivity contribution in [3.63, 3.8) is 0 Å². The third kappa shape index (κ3) is 3.34. The number of sulfonamides is 1. The van der Waals surface area contributed by atoms with Crippen LogP contribution in [0.2, 0.25) is 0 Å². The molecule has 0 aliphatic carbocycles. The molecule has 0 radical (unpaired) electrons. The molecule has 108 valence electrons. The van der Waals surface area contributed by atoms with Crippen LogP contribution < -0.4 is 9.88 Å². The van der Waals surface area contributed by atoms with Gasteiger partial charge in [-0.3, -0.25) is 0 Å². The molecule has 0 aliphatic rings. The summed E-state index contributed by atoms with van der Waals surface area (Å²) in [5, 5.41) is 5.03. The van der Waals surface area contributed by atoms with Crippen molar-refractivity contribution >= 4 is 10.0 Å². The predicted molar refractivity (Wildman–Crippen MR) is 70.2 cm³/mol. The standard InChI is InChI=1S/C12H14FN3O3S/c1-9-15-4-5-16(9)6-7-19-11-3-2-10(13)8-12(11)20(14,17)18/h2-5,8H,6-7H2,1H3,(H2,14,17,18). The third-order valence-corrected chi connectivity index (χ3v) is 3.66. The van der Waals surface area contributed by atoms with Gasteiger partial charge in [0.1, 0.15) is 28.9 Å². The highest BCUT2D eigenvalue weighted by atomic mass is 32.2. The number of rotatable bonds is 5. The van der Waals surface area contributed by atoms with Crippen molar-refractivity contribution in [2.75, 3.05) is 6.61 Å². The molecule has 2 aromatic rings. The van der Waals surface area contributed by atoms with E-state index in [9.17, 15) is 12.8 Å². The zero-order chi connectivity index (χ0) is 14.8. The van der Waals surface area contributed by atoms with E-state index in [0.29, 0.717) is 6.54 Å². The van der Waals surface area contributed by atoms with Gasteiger partial charge in [-0.15, -0.1) is 0 Å². The number of hydrogen-bond acceptors (Lipinski definition) is 4. The Hall–Kier alpha value is -1.93. The molecule has 8 heteroatoms. The highest BCUT2D eigenvalue weighted by molar-refractivity contribution is 7.89. The molecule has 6 nitrogen and oxygen atoms in total. The van der Waals surface area contributed by atoms with Crippen molar-refractivity contribution in [2.45, 2.75) is 18.4 Å². The molecule has 0 fully saturated rings. The largest absolute Gasteiger partial charge is 0.490 e. The van der Waals surface area contributed by atoms with Gasteiger partial charge in [0.25, 0.3) is 0 Å². The van der Waals surface area contributed by atoms with Crippen LogP contribution in [-0.2, 0) is 16.6 Å². The lowest BCUT2D eigenvalue weighted by Crippen LogP contribution is -2.16. The Kier molecular flexibility index (Phi) is 4.05. The number of aromatic nitrogens is 2. The number of halogens is 1. The molecule has 0 bridgehead atoms. The van der Waals surface area contributed by atoms with Gasteiger partial charge in [0.2, 0.25) is 10.0 Å². The fourth-order valence-electron chi connectivity index (χ4n) is 1.72. The number of nitrogens with two attached hydrogens (primary N) is 1. The molecule has 0 saturated carbocycles. The summed E-state index contributed by atoms with van der Waals surface area (Å²) in [6, 6.07) is 3.20. The van der Waals surface area contributed by atoms with E-state index >= 15 is 0 Å². The second kappa shape index (κ2) is 5.59. The quantitative estimate of drug-likeness (QED) is 0.894. The van der Waals surface area contributed by atoms with Crippen LogP contribution in [0, 0.1) is 12.7 Å². The first-order chi connectivity index (χ1) is 9.38. The summed E-state index contributed by atoms with van der Waals surface area (Å²) in [6.07, 6.45) is 3.44. The molecular weight excluding hydrogens is 285 g/mol. The molecule has 2 N–H and O–H groups in total. The van der Waals surface area contributed by atoms with Crippen molar-refractivity contribution in [1.29, 1.82) is 0 Å². The van der Waals surface area contributed by atoms with Crippen molar-refractivity contribution in [3.8, 4) is 5.75 Å². The number of hydrogen-bond donors (Lipinski definition) is 1. The molecule has 0 aliphatic heterocycles. The van der Waals surface area contributed by atoms with Crippen LogP contribution in [-0.4, -0.2) is 24.6 Å². The molecule has 0 saturated heterocycles. The van der Waals surface area contributed by atoms with Crippen LogP contribution in [0.4, 0.5) is 4.39 Å². The van der Waals surface area contributed by atoms with Crippen molar-refractivity contribution in [1.82, 2.24) is 9.55 Å². The minimum absolute atomic E-state index is 0.0340. The van der Waals surface area contributed by atoms with Gasteiger partial charge in [-0.05, 0) is 25.1 Å².